The lowest BCUT2D eigenvalue weighted by molar-refractivity contribution is -0.139. The van der Waals surface area contributed by atoms with E-state index in [4.69, 9.17) is 9.26 Å². The van der Waals surface area contributed by atoms with Crippen LogP contribution in [0.2, 0.25) is 0 Å². The first-order valence-corrected chi connectivity index (χ1v) is 10.0. The van der Waals surface area contributed by atoms with E-state index >= 15 is 0 Å². The van der Waals surface area contributed by atoms with Crippen LogP contribution in [0.3, 0.4) is 0 Å². The van der Waals surface area contributed by atoms with Crippen LogP contribution in [0.1, 0.15) is 38.5 Å². The van der Waals surface area contributed by atoms with Gasteiger partial charge in [0.2, 0.25) is 11.8 Å². The summed E-state index contributed by atoms with van der Waals surface area (Å²) in [6.45, 7) is 4.98. The topological polar surface area (TPSA) is 87.9 Å². The van der Waals surface area contributed by atoms with Crippen molar-refractivity contribution < 1.29 is 18.8 Å². The van der Waals surface area contributed by atoms with Crippen LogP contribution in [0.4, 0.5) is 5.82 Å². The third-order valence-electron chi connectivity index (χ3n) is 5.31. The van der Waals surface area contributed by atoms with E-state index in [0.29, 0.717) is 12.4 Å². The van der Waals surface area contributed by atoms with Gasteiger partial charge in [-0.15, -0.1) is 0 Å². The molecule has 0 spiro atoms. The Bertz CT molecular complexity index is 581. The molecule has 1 aliphatic carbocycles. The standard InChI is InChI=1S/C19H30N4O4/c24-18(20-17-7-12-27-21-17)15-23(19(25)16-5-2-1-3-6-16)9-4-8-22-10-13-26-14-11-22/h7,12,16H,1-6,8-11,13-15H2,(H,20,21,24). The number of hydrogen-bond acceptors (Lipinski definition) is 6. The van der Waals surface area contributed by atoms with E-state index in [2.05, 4.69) is 15.4 Å². The van der Waals surface area contributed by atoms with Gasteiger partial charge in [0.05, 0.1) is 19.8 Å². The number of carbonyl (C=O) groups is 2. The van der Waals surface area contributed by atoms with Crippen molar-refractivity contribution in [1.82, 2.24) is 15.0 Å². The molecule has 8 nitrogen and oxygen atoms in total. The SMILES string of the molecule is O=C(CN(CCCN1CCOCC1)C(=O)C1CCCCC1)Nc1ccon1. The molecule has 27 heavy (non-hydrogen) atoms. The van der Waals surface area contributed by atoms with Crippen LogP contribution >= 0.6 is 0 Å². The smallest absolute Gasteiger partial charge is 0.245 e. The Kier molecular flexibility index (Phi) is 7.65. The van der Waals surface area contributed by atoms with E-state index < -0.39 is 0 Å². The summed E-state index contributed by atoms with van der Waals surface area (Å²) in [6, 6.07) is 1.59. The van der Waals surface area contributed by atoms with Crippen molar-refractivity contribution in [2.45, 2.75) is 38.5 Å². The summed E-state index contributed by atoms with van der Waals surface area (Å²) >= 11 is 0. The minimum atomic E-state index is -0.237. The van der Waals surface area contributed by atoms with Gasteiger partial charge < -0.3 is 19.5 Å². The minimum absolute atomic E-state index is 0.0574. The van der Waals surface area contributed by atoms with Gasteiger partial charge in [0.25, 0.3) is 0 Å². The lowest BCUT2D eigenvalue weighted by Crippen LogP contribution is -2.44. The van der Waals surface area contributed by atoms with Crippen LogP contribution in [0.25, 0.3) is 0 Å². The van der Waals surface area contributed by atoms with E-state index in [1.807, 2.05) is 0 Å². The maximum Gasteiger partial charge on any atom is 0.245 e. The fraction of sp³-hybridized carbons (Fsp3) is 0.737. The molecule has 2 heterocycles. The molecule has 0 radical (unpaired) electrons. The monoisotopic (exact) mass is 378 g/mol. The first-order chi connectivity index (χ1) is 13.2. The van der Waals surface area contributed by atoms with Crippen molar-refractivity contribution in [3.63, 3.8) is 0 Å². The van der Waals surface area contributed by atoms with Crippen LogP contribution in [0, 0.1) is 5.92 Å². The Hall–Kier alpha value is -1.93. The van der Waals surface area contributed by atoms with E-state index in [1.165, 1.54) is 12.7 Å². The number of anilines is 1. The van der Waals surface area contributed by atoms with Crippen LogP contribution in [0.5, 0.6) is 0 Å². The Morgan fingerprint density at radius 2 is 2.00 bits per heavy atom. The molecule has 3 rings (SSSR count). The summed E-state index contributed by atoms with van der Waals surface area (Å²) in [6.07, 6.45) is 7.53. The number of morpholine rings is 1. The number of amides is 2. The zero-order valence-corrected chi connectivity index (χ0v) is 15.9. The molecule has 8 heteroatoms. The zero-order chi connectivity index (χ0) is 18.9. The summed E-state index contributed by atoms with van der Waals surface area (Å²) in [5.41, 5.74) is 0. The number of rotatable bonds is 8. The molecule has 0 unspecified atom stereocenters. The van der Waals surface area contributed by atoms with Crippen molar-refractivity contribution in [3.05, 3.63) is 12.3 Å². The molecule has 1 aromatic heterocycles. The summed E-state index contributed by atoms with van der Waals surface area (Å²) in [5.74, 6) is 0.312. The summed E-state index contributed by atoms with van der Waals surface area (Å²) in [4.78, 5) is 29.4. The van der Waals surface area contributed by atoms with Crippen molar-refractivity contribution in [3.8, 4) is 0 Å². The molecule has 2 aliphatic rings. The van der Waals surface area contributed by atoms with Gasteiger partial charge in [0.1, 0.15) is 6.26 Å². The maximum atomic E-state index is 13.0. The second-order valence-corrected chi connectivity index (χ2v) is 7.34. The normalized spacial score (nSPS) is 19.0. The molecule has 1 aromatic rings. The lowest BCUT2D eigenvalue weighted by Gasteiger charge is -2.31. The van der Waals surface area contributed by atoms with E-state index in [9.17, 15) is 9.59 Å². The van der Waals surface area contributed by atoms with Crippen LogP contribution in [-0.2, 0) is 14.3 Å². The molecule has 0 atom stereocenters. The fourth-order valence-corrected chi connectivity index (χ4v) is 3.82. The first-order valence-electron chi connectivity index (χ1n) is 10.0. The van der Waals surface area contributed by atoms with Crippen molar-refractivity contribution >= 4 is 17.6 Å². The predicted octanol–water partition coefficient (Wildman–Crippen LogP) is 1.74. The Morgan fingerprint density at radius 1 is 1.22 bits per heavy atom. The van der Waals surface area contributed by atoms with Gasteiger partial charge in [0, 0.05) is 38.2 Å². The molecule has 0 bridgehead atoms. The third kappa shape index (κ3) is 6.32. The highest BCUT2D eigenvalue weighted by Crippen LogP contribution is 2.25. The van der Waals surface area contributed by atoms with Crippen LogP contribution in [-0.4, -0.2) is 72.7 Å². The molecular weight excluding hydrogens is 348 g/mol. The van der Waals surface area contributed by atoms with Crippen LogP contribution in [0.15, 0.2) is 16.9 Å². The zero-order valence-electron chi connectivity index (χ0n) is 15.9. The number of nitrogens with zero attached hydrogens (tertiary/aromatic N) is 3. The highest BCUT2D eigenvalue weighted by Gasteiger charge is 2.27. The summed E-state index contributed by atoms with van der Waals surface area (Å²) < 4.78 is 10.1. The molecule has 1 aliphatic heterocycles. The third-order valence-corrected chi connectivity index (χ3v) is 5.31. The van der Waals surface area contributed by atoms with Gasteiger partial charge in [-0.05, 0) is 19.3 Å². The number of nitrogens with one attached hydrogen (secondary N) is 1. The number of aromatic nitrogens is 1. The number of carbonyl (C=O) groups excluding carboxylic acids is 2. The van der Waals surface area contributed by atoms with Gasteiger partial charge in [-0.1, -0.05) is 24.4 Å². The van der Waals surface area contributed by atoms with Gasteiger partial charge in [-0.25, -0.2) is 0 Å². The Balaban J connectivity index is 1.53. The Labute approximate surface area is 160 Å². The largest absolute Gasteiger partial charge is 0.379 e. The van der Waals surface area contributed by atoms with E-state index in [-0.39, 0.29) is 24.3 Å². The molecule has 1 N–H and O–H groups in total. The molecule has 2 fully saturated rings. The second kappa shape index (κ2) is 10.4. The van der Waals surface area contributed by atoms with Gasteiger partial charge in [-0.2, -0.15) is 0 Å². The number of hydrogen-bond donors (Lipinski definition) is 1. The van der Waals surface area contributed by atoms with Crippen LogP contribution < -0.4 is 5.32 Å². The highest BCUT2D eigenvalue weighted by molar-refractivity contribution is 5.94. The summed E-state index contributed by atoms with van der Waals surface area (Å²) in [5, 5.41) is 6.38. The highest BCUT2D eigenvalue weighted by atomic mass is 16.5. The van der Waals surface area contributed by atoms with E-state index in [0.717, 1.165) is 65.0 Å². The minimum Gasteiger partial charge on any atom is -0.379 e. The van der Waals surface area contributed by atoms with E-state index in [1.54, 1.807) is 11.0 Å². The average Bonchev–Trinajstić information content (AvgIpc) is 3.21. The molecule has 1 saturated carbocycles. The maximum absolute atomic E-state index is 13.0. The number of ether oxygens (including phenoxy) is 1. The Morgan fingerprint density at radius 3 is 2.70 bits per heavy atom. The van der Waals surface area contributed by atoms with Crippen molar-refractivity contribution in [1.29, 1.82) is 0 Å². The molecule has 0 aromatic carbocycles. The first kappa shape index (κ1) is 19.8. The molecule has 2 amide bonds. The quantitative estimate of drug-likeness (QED) is 0.741. The second-order valence-electron chi connectivity index (χ2n) is 7.34. The van der Waals surface area contributed by atoms with Crippen molar-refractivity contribution in [2.75, 3.05) is 51.3 Å². The predicted molar refractivity (Wildman–Crippen MR) is 100 cm³/mol. The van der Waals surface area contributed by atoms with Crippen molar-refractivity contribution in [2.24, 2.45) is 5.92 Å². The molecular formula is C19H30N4O4. The van der Waals surface area contributed by atoms with Gasteiger partial charge in [-0.3, -0.25) is 14.5 Å². The average molecular weight is 378 g/mol. The lowest BCUT2D eigenvalue weighted by atomic mass is 9.88. The molecule has 150 valence electrons. The summed E-state index contributed by atoms with van der Waals surface area (Å²) in [7, 11) is 0. The molecule has 1 saturated heterocycles. The fourth-order valence-electron chi connectivity index (χ4n) is 3.82. The van der Waals surface area contributed by atoms with Gasteiger partial charge >= 0.3 is 0 Å². The van der Waals surface area contributed by atoms with Gasteiger partial charge in [0.15, 0.2) is 5.82 Å².